The number of anilines is 3. The van der Waals surface area contributed by atoms with Gasteiger partial charge in [-0.25, -0.2) is 8.42 Å². The van der Waals surface area contributed by atoms with Crippen LogP contribution in [0, 0.1) is 0 Å². The summed E-state index contributed by atoms with van der Waals surface area (Å²) in [5.74, 6) is 0.250. The summed E-state index contributed by atoms with van der Waals surface area (Å²) in [7, 11) is -2.44. The van der Waals surface area contributed by atoms with Crippen molar-refractivity contribution in [3.63, 3.8) is 0 Å². The zero-order valence-electron chi connectivity index (χ0n) is 19.9. The topological polar surface area (TPSA) is 87.7 Å². The van der Waals surface area contributed by atoms with Gasteiger partial charge in [-0.3, -0.25) is 9.52 Å². The van der Waals surface area contributed by atoms with Crippen LogP contribution in [0.5, 0.6) is 5.75 Å². The van der Waals surface area contributed by atoms with Crippen molar-refractivity contribution in [1.29, 1.82) is 0 Å². The van der Waals surface area contributed by atoms with E-state index in [1.165, 1.54) is 12.1 Å². The third kappa shape index (κ3) is 6.19. The maximum atomic E-state index is 13.5. The van der Waals surface area contributed by atoms with Gasteiger partial charge in [-0.1, -0.05) is 41.9 Å². The van der Waals surface area contributed by atoms with E-state index in [2.05, 4.69) is 14.9 Å². The zero-order valence-corrected chi connectivity index (χ0v) is 21.5. The lowest BCUT2D eigenvalue weighted by Crippen LogP contribution is -2.31. The number of piperidine rings is 1. The highest BCUT2D eigenvalue weighted by molar-refractivity contribution is 7.93. The van der Waals surface area contributed by atoms with E-state index in [0.717, 1.165) is 37.9 Å². The van der Waals surface area contributed by atoms with Crippen LogP contribution in [0.3, 0.4) is 0 Å². The molecule has 1 amide bonds. The number of ether oxygens (including phenoxy) is 1. The van der Waals surface area contributed by atoms with E-state index in [0.29, 0.717) is 22.1 Å². The van der Waals surface area contributed by atoms with Crippen molar-refractivity contribution in [3.05, 3.63) is 83.4 Å². The van der Waals surface area contributed by atoms with E-state index in [1.54, 1.807) is 55.7 Å². The molecule has 2 N–H and O–H groups in total. The van der Waals surface area contributed by atoms with Crippen LogP contribution in [-0.4, -0.2) is 34.5 Å². The number of nitrogens with zero attached hydrogens (tertiary/aromatic N) is 1. The van der Waals surface area contributed by atoms with E-state index in [9.17, 15) is 13.2 Å². The third-order valence-electron chi connectivity index (χ3n) is 5.88. The molecule has 1 fully saturated rings. The standard InChI is InChI=1S/C27H28ClN3O4S/c1-35-25-12-6-3-9-20(25)13-16-27(32)29-21-14-15-24(31-17-7-2-8-18-31)26(19-21)36(33,34)30-23-11-5-4-10-22(23)28/h3-6,9-16,19,30H,2,7-8,17-18H2,1H3,(H,29,32)/b16-13+. The molecule has 1 saturated heterocycles. The number of hydrogen-bond acceptors (Lipinski definition) is 5. The Bertz CT molecular complexity index is 1370. The quantitative estimate of drug-likeness (QED) is 0.363. The van der Waals surface area contributed by atoms with Crippen molar-refractivity contribution >= 4 is 50.7 Å². The minimum Gasteiger partial charge on any atom is -0.496 e. The molecular formula is C27H28ClN3O4S. The summed E-state index contributed by atoms with van der Waals surface area (Å²) in [5.41, 5.74) is 2.00. The van der Waals surface area contributed by atoms with E-state index in [4.69, 9.17) is 16.3 Å². The van der Waals surface area contributed by atoms with E-state index < -0.39 is 15.9 Å². The van der Waals surface area contributed by atoms with Crippen molar-refractivity contribution < 1.29 is 17.9 Å². The van der Waals surface area contributed by atoms with Gasteiger partial charge in [-0.15, -0.1) is 0 Å². The molecular weight excluding hydrogens is 498 g/mol. The highest BCUT2D eigenvalue weighted by atomic mass is 35.5. The van der Waals surface area contributed by atoms with Crippen LogP contribution < -0.4 is 19.7 Å². The van der Waals surface area contributed by atoms with Crippen LogP contribution in [0.1, 0.15) is 24.8 Å². The first kappa shape index (κ1) is 25.6. The average Bonchev–Trinajstić information content (AvgIpc) is 2.89. The normalized spacial score (nSPS) is 14.0. The number of benzene rings is 3. The highest BCUT2D eigenvalue weighted by Gasteiger charge is 2.25. The summed E-state index contributed by atoms with van der Waals surface area (Å²) < 4.78 is 34.9. The molecule has 36 heavy (non-hydrogen) atoms. The maximum absolute atomic E-state index is 13.5. The van der Waals surface area contributed by atoms with Crippen LogP contribution in [0.15, 0.2) is 77.7 Å². The van der Waals surface area contributed by atoms with Gasteiger partial charge in [-0.05, 0) is 61.7 Å². The zero-order chi connectivity index (χ0) is 25.5. The molecule has 9 heteroatoms. The molecule has 0 saturated carbocycles. The maximum Gasteiger partial charge on any atom is 0.264 e. The predicted molar refractivity (Wildman–Crippen MR) is 145 cm³/mol. The molecule has 0 spiro atoms. The average molecular weight is 526 g/mol. The van der Waals surface area contributed by atoms with E-state index in [-0.39, 0.29) is 10.6 Å². The molecule has 1 heterocycles. The second-order valence-corrected chi connectivity index (χ2v) is 10.4. The van der Waals surface area contributed by atoms with Crippen LogP contribution in [0.25, 0.3) is 6.08 Å². The van der Waals surface area contributed by atoms with Gasteiger partial charge in [0.1, 0.15) is 10.6 Å². The molecule has 4 rings (SSSR count). The number of hydrogen-bond donors (Lipinski definition) is 2. The molecule has 0 aliphatic carbocycles. The number of halogens is 1. The molecule has 0 unspecified atom stereocenters. The van der Waals surface area contributed by atoms with Gasteiger partial charge in [0.05, 0.1) is 23.5 Å². The molecule has 0 bridgehead atoms. The first-order chi connectivity index (χ1) is 17.4. The Kier molecular flexibility index (Phi) is 8.18. The van der Waals surface area contributed by atoms with Crippen LogP contribution in [0.4, 0.5) is 17.1 Å². The molecule has 188 valence electrons. The molecule has 3 aromatic carbocycles. The van der Waals surface area contributed by atoms with E-state index in [1.807, 2.05) is 18.2 Å². The van der Waals surface area contributed by atoms with Crippen LogP contribution >= 0.6 is 11.6 Å². The number of rotatable bonds is 8. The molecule has 0 radical (unpaired) electrons. The summed E-state index contributed by atoms with van der Waals surface area (Å²) in [6.45, 7) is 1.53. The second-order valence-electron chi connectivity index (χ2n) is 8.38. The molecule has 1 aliphatic rings. The highest BCUT2D eigenvalue weighted by Crippen LogP contribution is 2.33. The predicted octanol–water partition coefficient (Wildman–Crippen LogP) is 5.79. The fourth-order valence-electron chi connectivity index (χ4n) is 4.10. The van der Waals surface area contributed by atoms with E-state index >= 15 is 0 Å². The van der Waals surface area contributed by atoms with Gasteiger partial charge in [0.25, 0.3) is 10.0 Å². The van der Waals surface area contributed by atoms with Crippen LogP contribution in [0.2, 0.25) is 5.02 Å². The van der Waals surface area contributed by atoms with Crippen molar-refractivity contribution in [1.82, 2.24) is 0 Å². The van der Waals surface area contributed by atoms with Gasteiger partial charge in [0.15, 0.2) is 0 Å². The fraction of sp³-hybridized carbons (Fsp3) is 0.222. The first-order valence-electron chi connectivity index (χ1n) is 11.7. The molecule has 1 aliphatic heterocycles. The van der Waals surface area contributed by atoms with Gasteiger partial charge >= 0.3 is 0 Å². The lowest BCUT2D eigenvalue weighted by Gasteiger charge is -2.30. The summed E-state index contributed by atoms with van der Waals surface area (Å²) in [4.78, 5) is 14.8. The number of methoxy groups -OCH3 is 1. The Morgan fingerprint density at radius 2 is 1.72 bits per heavy atom. The number of para-hydroxylation sites is 2. The Balaban J connectivity index is 1.63. The summed E-state index contributed by atoms with van der Waals surface area (Å²) >= 11 is 6.20. The number of carbonyl (C=O) groups excluding carboxylic acids is 1. The Labute approximate surface area is 216 Å². The van der Waals surface area contributed by atoms with Gasteiger partial charge in [0, 0.05) is 30.4 Å². The molecule has 7 nitrogen and oxygen atoms in total. The van der Waals surface area contributed by atoms with Gasteiger partial charge < -0.3 is 15.0 Å². The van der Waals surface area contributed by atoms with Crippen LogP contribution in [-0.2, 0) is 14.8 Å². The van der Waals surface area contributed by atoms with Gasteiger partial charge in [-0.2, -0.15) is 0 Å². The summed E-state index contributed by atoms with van der Waals surface area (Å²) in [6.07, 6.45) is 6.12. The monoisotopic (exact) mass is 525 g/mol. The number of sulfonamides is 1. The largest absolute Gasteiger partial charge is 0.496 e. The SMILES string of the molecule is COc1ccccc1/C=C/C(=O)Nc1ccc(N2CCCCC2)c(S(=O)(=O)Nc2ccccc2Cl)c1. The lowest BCUT2D eigenvalue weighted by atomic mass is 10.1. The van der Waals surface area contributed by atoms with Gasteiger partial charge in [0.2, 0.25) is 5.91 Å². The Hall–Kier alpha value is -3.49. The molecule has 0 atom stereocenters. The van der Waals surface area contributed by atoms with Crippen molar-refractivity contribution in [3.8, 4) is 5.75 Å². The van der Waals surface area contributed by atoms with Crippen molar-refractivity contribution in [2.24, 2.45) is 0 Å². The third-order valence-corrected chi connectivity index (χ3v) is 7.61. The lowest BCUT2D eigenvalue weighted by molar-refractivity contribution is -0.111. The number of carbonyl (C=O) groups is 1. The fourth-order valence-corrected chi connectivity index (χ4v) is 5.67. The molecule has 0 aromatic heterocycles. The first-order valence-corrected chi connectivity index (χ1v) is 13.5. The minimum atomic E-state index is -4.00. The molecule has 3 aromatic rings. The smallest absolute Gasteiger partial charge is 0.264 e. The number of amides is 1. The van der Waals surface area contributed by atoms with Crippen molar-refractivity contribution in [2.75, 3.05) is 35.1 Å². The Morgan fingerprint density at radius 3 is 2.47 bits per heavy atom. The summed E-state index contributed by atoms with van der Waals surface area (Å²) in [6, 6.07) is 18.9. The number of nitrogens with one attached hydrogen (secondary N) is 2. The summed E-state index contributed by atoms with van der Waals surface area (Å²) in [5, 5.41) is 3.06. The minimum absolute atomic E-state index is 0.0795. The van der Waals surface area contributed by atoms with Crippen molar-refractivity contribution in [2.45, 2.75) is 24.2 Å². The second kappa shape index (κ2) is 11.5. The Morgan fingerprint density at radius 1 is 1.00 bits per heavy atom.